The molecular formula is C38H69NO13. The summed E-state index contributed by atoms with van der Waals surface area (Å²) in [5, 5.41) is 45.7. The Balaban J connectivity index is 2.31. The maximum absolute atomic E-state index is 14.2. The third-order valence-corrected chi connectivity index (χ3v) is 12.0. The number of aliphatic hydroxyl groups excluding tert-OH is 3. The summed E-state index contributed by atoms with van der Waals surface area (Å²) in [5.74, 6) is -5.63. The van der Waals surface area contributed by atoms with Gasteiger partial charge in [-0.2, -0.15) is 0 Å². The van der Waals surface area contributed by atoms with Crippen molar-refractivity contribution in [3.05, 3.63) is 0 Å². The molecule has 14 heteroatoms. The fourth-order valence-electron chi connectivity index (χ4n) is 8.49. The van der Waals surface area contributed by atoms with Crippen molar-refractivity contribution in [1.29, 1.82) is 0 Å². The van der Waals surface area contributed by atoms with Gasteiger partial charge >= 0.3 is 5.97 Å². The number of rotatable bonds is 8. The van der Waals surface area contributed by atoms with Crippen molar-refractivity contribution in [2.45, 2.75) is 179 Å². The van der Waals surface area contributed by atoms with Gasteiger partial charge in [-0.15, -0.1) is 0 Å². The number of Topliss-reactive ketones (excluding diaryl/α,β-unsaturated/α-hetero) is 1. The molecular weight excluding hydrogens is 678 g/mol. The quantitative estimate of drug-likeness (QED) is 0.266. The third-order valence-electron chi connectivity index (χ3n) is 12.0. The van der Waals surface area contributed by atoms with Crippen molar-refractivity contribution >= 4 is 11.8 Å². The van der Waals surface area contributed by atoms with Gasteiger partial charge in [-0.05, 0) is 74.9 Å². The predicted molar refractivity (Wildman–Crippen MR) is 191 cm³/mol. The van der Waals surface area contributed by atoms with Crippen LogP contribution in [-0.2, 0) is 42.7 Å². The summed E-state index contributed by atoms with van der Waals surface area (Å²) in [7, 11) is 2.05. The zero-order valence-corrected chi connectivity index (χ0v) is 33.4. The van der Waals surface area contributed by atoms with Crippen LogP contribution in [0.1, 0.15) is 99.0 Å². The fraction of sp³-hybridized carbons (Fsp3) is 0.947. The predicted octanol–water partition coefficient (Wildman–Crippen LogP) is 2.44. The summed E-state index contributed by atoms with van der Waals surface area (Å²) >= 11 is 0. The molecule has 0 aromatic rings. The van der Waals surface area contributed by atoms with Gasteiger partial charge in [0, 0.05) is 44.4 Å². The number of nitrogens with zero attached hydrogens (tertiary/aromatic N) is 1. The molecule has 3 heterocycles. The van der Waals surface area contributed by atoms with Crippen molar-refractivity contribution < 1.29 is 67.3 Å². The van der Waals surface area contributed by atoms with Gasteiger partial charge in [0.2, 0.25) is 0 Å². The highest BCUT2D eigenvalue weighted by atomic mass is 16.7. The van der Waals surface area contributed by atoms with Crippen molar-refractivity contribution in [3.8, 4) is 0 Å². The van der Waals surface area contributed by atoms with E-state index in [1.807, 2.05) is 25.9 Å². The number of esters is 1. The molecule has 18 atom stereocenters. The molecule has 3 aliphatic rings. The number of hydrogen-bond acceptors (Lipinski definition) is 14. The molecule has 3 fully saturated rings. The van der Waals surface area contributed by atoms with Crippen LogP contribution in [-0.4, -0.2) is 150 Å². The first-order chi connectivity index (χ1) is 25.1. The first-order valence-electron chi connectivity index (χ1n) is 20.2. The van der Waals surface area contributed by atoms with E-state index in [1.165, 1.54) is 27.9 Å². The van der Waals surface area contributed by atoms with Gasteiger partial charge in [0.25, 0.3) is 0 Å². The zero-order valence-electron chi connectivity index (χ0n) is 36.4. The number of hydrogen-bond donors (Lipinski definition) is 4. The summed E-state index contributed by atoms with van der Waals surface area (Å²) in [6.07, 6.45) is -10.9. The average Bonchev–Trinajstić information content (AvgIpc) is 3.08. The smallest absolute Gasteiger partial charge is 0.311 e. The molecule has 0 bridgehead atoms. The Morgan fingerprint density at radius 3 is 2.10 bits per heavy atom. The van der Waals surface area contributed by atoms with E-state index in [2.05, 4.69) is 0 Å². The van der Waals surface area contributed by atoms with Crippen molar-refractivity contribution in [2.24, 2.45) is 23.7 Å². The number of carbonyl (C=O) groups excluding carboxylic acids is 2. The summed E-state index contributed by atoms with van der Waals surface area (Å²) in [5.41, 5.74) is -5.05. The average molecular weight is 751 g/mol. The van der Waals surface area contributed by atoms with Crippen LogP contribution >= 0.6 is 0 Å². The molecule has 14 nitrogen and oxygen atoms in total. The van der Waals surface area contributed by atoms with E-state index in [9.17, 15) is 30.0 Å². The zero-order chi connectivity index (χ0) is 42.2. The molecule has 52 heavy (non-hydrogen) atoms. The molecule has 0 aliphatic carbocycles. The molecule has 3 rings (SSSR count). The van der Waals surface area contributed by atoms with Gasteiger partial charge in [-0.1, -0.05) is 27.7 Å². The normalized spacial score (nSPS) is 50.1. The Hall–Kier alpha value is -1.30. The first-order valence-corrected chi connectivity index (χ1v) is 18.7. The van der Waals surface area contributed by atoms with Crippen molar-refractivity contribution in [2.75, 3.05) is 28.2 Å². The van der Waals surface area contributed by atoms with E-state index in [4.69, 9.17) is 37.3 Å². The SMILES string of the molecule is [2H]C([2H])([2H])O[C@]1(C)C[C@@H](C)C(=O)[C@H](C)[C@@H](O)[C@](C)(O)[C@@H](CC)OC(=O)[C@H](C)C(O[C@H]2C[C@@](C)(OC)[C@@H](O)[C@H](C)O2)[C@H](C)[C@H]1O[C@@H]1O[C@H](C)C[C@H](N(C)C)[C@H]1O. The molecule has 3 aliphatic heterocycles. The fourth-order valence-corrected chi connectivity index (χ4v) is 8.49. The Labute approximate surface area is 314 Å². The minimum absolute atomic E-state index is 0.0307. The second kappa shape index (κ2) is 17.7. The van der Waals surface area contributed by atoms with Crippen LogP contribution in [0.3, 0.4) is 0 Å². The van der Waals surface area contributed by atoms with Crippen LogP contribution in [0.5, 0.6) is 0 Å². The molecule has 0 saturated carbocycles. The summed E-state index contributed by atoms with van der Waals surface area (Å²) in [6, 6.07) is -0.407. The summed E-state index contributed by atoms with van der Waals surface area (Å²) in [4.78, 5) is 30.2. The van der Waals surface area contributed by atoms with Gasteiger partial charge < -0.3 is 58.5 Å². The second-order valence-corrected chi connectivity index (χ2v) is 16.5. The third kappa shape index (κ3) is 9.38. The standard InChI is InChI=1S/C38H69NO13/c1-15-26-38(10,45)31(42)21(4)28(40)19(2)17-37(9,47-14)33(52-35-29(41)25(39(11)12)16-20(3)48-35)22(5)30(23(6)34(44)50-26)51-27-18-36(8,46-13)32(43)24(7)49-27/h19-27,29-33,35,41-43,45H,15-18H2,1-14H3/t19-,20-,21+,22+,23-,24+,25+,26-,27+,29-,30?,31-,32+,33-,35+,36-,37-,38-/m1/s1/i14D3. The topological polar surface area (TPSA) is 183 Å². The Morgan fingerprint density at radius 1 is 0.904 bits per heavy atom. The molecule has 0 aromatic heterocycles. The number of methoxy groups -OCH3 is 2. The van der Waals surface area contributed by atoms with E-state index >= 15 is 0 Å². The van der Waals surface area contributed by atoms with Crippen LogP contribution in [0.15, 0.2) is 0 Å². The first kappa shape index (κ1) is 40.4. The van der Waals surface area contributed by atoms with Crippen LogP contribution in [0, 0.1) is 23.7 Å². The number of likely N-dealkylation sites (N-methyl/N-ethyl adjacent to an activating group) is 1. The molecule has 0 aromatic carbocycles. The lowest BCUT2D eigenvalue weighted by Crippen LogP contribution is -2.61. The van der Waals surface area contributed by atoms with Crippen LogP contribution < -0.4 is 0 Å². The second-order valence-electron chi connectivity index (χ2n) is 16.5. The Morgan fingerprint density at radius 2 is 1.54 bits per heavy atom. The molecule has 0 radical (unpaired) electrons. The number of aliphatic hydroxyl groups is 4. The molecule has 4 N–H and O–H groups in total. The van der Waals surface area contributed by atoms with Gasteiger partial charge in [-0.25, -0.2) is 0 Å². The lowest BCUT2D eigenvalue weighted by Gasteiger charge is -2.50. The van der Waals surface area contributed by atoms with E-state index in [0.29, 0.717) is 6.42 Å². The van der Waals surface area contributed by atoms with Gasteiger partial charge in [0.15, 0.2) is 12.6 Å². The summed E-state index contributed by atoms with van der Waals surface area (Å²) in [6.45, 7) is 15.9. The van der Waals surface area contributed by atoms with E-state index in [1.54, 1.807) is 41.5 Å². The van der Waals surface area contributed by atoms with Crippen molar-refractivity contribution in [3.63, 3.8) is 0 Å². The molecule has 0 spiro atoms. The maximum Gasteiger partial charge on any atom is 0.311 e. The highest BCUT2D eigenvalue weighted by molar-refractivity contribution is 5.83. The minimum atomic E-state index is -3.03. The van der Waals surface area contributed by atoms with Gasteiger partial charge in [-0.3, -0.25) is 9.59 Å². The molecule has 3 saturated heterocycles. The highest BCUT2D eigenvalue weighted by Gasteiger charge is 2.54. The molecule has 304 valence electrons. The summed E-state index contributed by atoms with van der Waals surface area (Å²) < 4.78 is 68.0. The number of ketones is 1. The van der Waals surface area contributed by atoms with Crippen LogP contribution in [0.4, 0.5) is 0 Å². The molecule has 0 amide bonds. The van der Waals surface area contributed by atoms with E-state index in [0.717, 1.165) is 0 Å². The van der Waals surface area contributed by atoms with Crippen LogP contribution in [0.25, 0.3) is 0 Å². The Kier molecular flexibility index (Phi) is 13.7. The molecule has 1 unspecified atom stereocenters. The number of ether oxygens (including phenoxy) is 7. The van der Waals surface area contributed by atoms with Crippen molar-refractivity contribution in [1.82, 2.24) is 4.90 Å². The van der Waals surface area contributed by atoms with Gasteiger partial charge in [0.1, 0.15) is 29.7 Å². The van der Waals surface area contributed by atoms with Crippen LogP contribution in [0.2, 0.25) is 0 Å². The monoisotopic (exact) mass is 750 g/mol. The maximum atomic E-state index is 14.2. The lowest BCUT2D eigenvalue weighted by atomic mass is 9.74. The van der Waals surface area contributed by atoms with E-state index < -0.39 is 121 Å². The minimum Gasteiger partial charge on any atom is -0.459 e. The lowest BCUT2D eigenvalue weighted by molar-refractivity contribution is -0.319. The largest absolute Gasteiger partial charge is 0.459 e. The Bertz CT molecular complexity index is 1290. The number of cyclic esters (lactones) is 1. The van der Waals surface area contributed by atoms with E-state index in [-0.39, 0.29) is 25.4 Å². The van der Waals surface area contributed by atoms with Gasteiger partial charge in [0.05, 0.1) is 51.8 Å². The number of carbonyl (C=O) groups is 2. The highest BCUT2D eigenvalue weighted by Crippen LogP contribution is 2.41.